The van der Waals surface area contributed by atoms with Crippen molar-refractivity contribution >= 4 is 0 Å². The van der Waals surface area contributed by atoms with Crippen LogP contribution >= 0.6 is 0 Å². The molecule has 2 atom stereocenters. The first-order chi connectivity index (χ1) is 9.77. The Kier molecular flexibility index (Phi) is 4.64. The average molecular weight is 291 g/mol. The molecule has 0 spiro atoms. The van der Waals surface area contributed by atoms with Crippen LogP contribution in [0.5, 0.6) is 5.75 Å². The maximum absolute atomic E-state index is 6.25. The third kappa shape index (κ3) is 3.78. The molecule has 0 radical (unpaired) electrons. The van der Waals surface area contributed by atoms with E-state index in [-0.39, 0.29) is 11.2 Å². The molecule has 2 rings (SSSR count). The van der Waals surface area contributed by atoms with Gasteiger partial charge in [0.05, 0.1) is 18.3 Å². The van der Waals surface area contributed by atoms with Gasteiger partial charge in [0.25, 0.3) is 0 Å². The van der Waals surface area contributed by atoms with Gasteiger partial charge in [0.15, 0.2) is 0 Å². The summed E-state index contributed by atoms with van der Waals surface area (Å²) in [4.78, 5) is 0. The van der Waals surface area contributed by atoms with Crippen LogP contribution in [0.4, 0.5) is 0 Å². The summed E-state index contributed by atoms with van der Waals surface area (Å²) in [5.41, 5.74) is 1.20. The number of ether oxygens (including phenoxy) is 2. The zero-order valence-corrected chi connectivity index (χ0v) is 14.2. The smallest absolute Gasteiger partial charge is 0.118 e. The maximum Gasteiger partial charge on any atom is 0.118 e. The summed E-state index contributed by atoms with van der Waals surface area (Å²) in [5.74, 6) is 1.41. The number of hydrogen-bond acceptors (Lipinski definition) is 3. The molecule has 1 heterocycles. The Hall–Kier alpha value is -1.06. The van der Waals surface area contributed by atoms with Crippen LogP contribution in [0.1, 0.15) is 39.7 Å². The average Bonchev–Trinajstić information content (AvgIpc) is 2.64. The molecule has 0 aliphatic carbocycles. The molecule has 21 heavy (non-hydrogen) atoms. The fourth-order valence-electron chi connectivity index (χ4n) is 3.69. The van der Waals surface area contributed by atoms with Crippen LogP contribution in [-0.4, -0.2) is 31.4 Å². The highest BCUT2D eigenvalue weighted by Gasteiger charge is 2.48. The van der Waals surface area contributed by atoms with Gasteiger partial charge in [0.2, 0.25) is 0 Å². The quantitative estimate of drug-likeness (QED) is 0.901. The van der Waals surface area contributed by atoms with Gasteiger partial charge in [0, 0.05) is 12.0 Å². The van der Waals surface area contributed by atoms with Gasteiger partial charge in [-0.15, -0.1) is 0 Å². The Morgan fingerprint density at radius 3 is 2.29 bits per heavy atom. The minimum absolute atomic E-state index is 0.0385. The Labute approximate surface area is 129 Å². The molecular weight excluding hydrogens is 262 g/mol. The van der Waals surface area contributed by atoms with Crippen LogP contribution < -0.4 is 10.1 Å². The van der Waals surface area contributed by atoms with E-state index in [0.717, 1.165) is 18.6 Å². The van der Waals surface area contributed by atoms with Crippen LogP contribution in [0.3, 0.4) is 0 Å². The van der Waals surface area contributed by atoms with Crippen molar-refractivity contribution in [3.63, 3.8) is 0 Å². The van der Waals surface area contributed by atoms with Gasteiger partial charge in [-0.25, -0.2) is 0 Å². The lowest BCUT2D eigenvalue weighted by atomic mass is 9.79. The van der Waals surface area contributed by atoms with Crippen molar-refractivity contribution in [2.45, 2.75) is 57.8 Å². The summed E-state index contributed by atoms with van der Waals surface area (Å²) < 4.78 is 11.5. The molecule has 0 amide bonds. The molecule has 0 bridgehead atoms. The van der Waals surface area contributed by atoms with Crippen molar-refractivity contribution in [2.75, 3.05) is 14.2 Å². The van der Waals surface area contributed by atoms with Crippen molar-refractivity contribution in [1.82, 2.24) is 5.32 Å². The number of likely N-dealkylation sites (N-methyl/N-ethyl adjacent to an activating group) is 1. The highest BCUT2D eigenvalue weighted by molar-refractivity contribution is 5.28. The summed E-state index contributed by atoms with van der Waals surface area (Å²) in [5, 5.41) is 3.50. The highest BCUT2D eigenvalue weighted by Crippen LogP contribution is 2.44. The van der Waals surface area contributed by atoms with Gasteiger partial charge in [-0.05, 0) is 65.3 Å². The molecule has 1 fully saturated rings. The van der Waals surface area contributed by atoms with E-state index in [2.05, 4.69) is 52.2 Å². The van der Waals surface area contributed by atoms with Crippen LogP contribution in [0.2, 0.25) is 0 Å². The number of methoxy groups -OCH3 is 1. The molecule has 118 valence electrons. The second-order valence-electron chi connectivity index (χ2n) is 7.22. The Morgan fingerprint density at radius 2 is 1.86 bits per heavy atom. The Balaban J connectivity index is 2.12. The van der Waals surface area contributed by atoms with Crippen LogP contribution in [-0.2, 0) is 11.2 Å². The molecule has 3 heteroatoms. The molecule has 1 aliphatic heterocycles. The van der Waals surface area contributed by atoms with E-state index in [1.165, 1.54) is 5.56 Å². The normalized spacial score (nSPS) is 24.8. The first kappa shape index (κ1) is 16.3. The predicted octanol–water partition coefficient (Wildman–Crippen LogP) is 3.42. The van der Waals surface area contributed by atoms with Gasteiger partial charge in [-0.3, -0.25) is 0 Å². The molecule has 0 aromatic heterocycles. The van der Waals surface area contributed by atoms with Crippen molar-refractivity contribution in [3.8, 4) is 5.75 Å². The Bertz CT molecular complexity index is 465. The predicted molar refractivity (Wildman–Crippen MR) is 86.9 cm³/mol. The van der Waals surface area contributed by atoms with Crippen molar-refractivity contribution in [2.24, 2.45) is 5.92 Å². The third-order valence-corrected chi connectivity index (χ3v) is 4.61. The number of rotatable bonds is 5. The van der Waals surface area contributed by atoms with Crippen LogP contribution in [0.25, 0.3) is 0 Å². The largest absolute Gasteiger partial charge is 0.497 e. The fourth-order valence-corrected chi connectivity index (χ4v) is 3.69. The molecule has 0 saturated carbocycles. The first-order valence-corrected chi connectivity index (χ1v) is 7.78. The van der Waals surface area contributed by atoms with Crippen molar-refractivity contribution < 1.29 is 9.47 Å². The van der Waals surface area contributed by atoms with Crippen molar-refractivity contribution in [3.05, 3.63) is 29.8 Å². The van der Waals surface area contributed by atoms with Gasteiger partial charge in [-0.1, -0.05) is 12.1 Å². The fraction of sp³-hybridized carbons (Fsp3) is 0.667. The molecule has 1 aromatic rings. The maximum atomic E-state index is 6.25. The molecule has 1 aliphatic rings. The lowest BCUT2D eigenvalue weighted by Crippen LogP contribution is -2.44. The second-order valence-corrected chi connectivity index (χ2v) is 7.22. The van der Waals surface area contributed by atoms with Crippen LogP contribution in [0.15, 0.2) is 24.3 Å². The number of hydrogen-bond donors (Lipinski definition) is 1. The van der Waals surface area contributed by atoms with E-state index < -0.39 is 0 Å². The molecule has 1 aromatic carbocycles. The summed E-state index contributed by atoms with van der Waals surface area (Å²) in [6, 6.07) is 8.77. The van der Waals surface area contributed by atoms with E-state index in [0.29, 0.717) is 12.0 Å². The van der Waals surface area contributed by atoms with E-state index in [9.17, 15) is 0 Å². The zero-order chi connectivity index (χ0) is 15.7. The molecule has 2 unspecified atom stereocenters. The van der Waals surface area contributed by atoms with E-state index in [1.807, 2.05) is 12.1 Å². The summed E-state index contributed by atoms with van der Waals surface area (Å²) >= 11 is 0. The monoisotopic (exact) mass is 291 g/mol. The standard InChI is InChI=1S/C18H29NO2/c1-17(2)12-15(18(3,4)21-17)16(19-5)11-13-7-9-14(20-6)10-8-13/h7-10,15-16,19H,11-12H2,1-6H3. The minimum atomic E-state index is -0.0936. The van der Waals surface area contributed by atoms with E-state index >= 15 is 0 Å². The van der Waals surface area contributed by atoms with Crippen LogP contribution in [0, 0.1) is 5.92 Å². The zero-order valence-electron chi connectivity index (χ0n) is 14.2. The second kappa shape index (κ2) is 5.98. The third-order valence-electron chi connectivity index (χ3n) is 4.61. The van der Waals surface area contributed by atoms with Gasteiger partial charge >= 0.3 is 0 Å². The summed E-state index contributed by atoms with van der Waals surface area (Å²) in [7, 11) is 3.75. The van der Waals surface area contributed by atoms with Gasteiger partial charge in [0.1, 0.15) is 5.75 Å². The minimum Gasteiger partial charge on any atom is -0.497 e. The molecular formula is C18H29NO2. The lowest BCUT2D eigenvalue weighted by Gasteiger charge is -2.33. The highest BCUT2D eigenvalue weighted by atomic mass is 16.5. The van der Waals surface area contributed by atoms with E-state index in [1.54, 1.807) is 7.11 Å². The topological polar surface area (TPSA) is 30.5 Å². The van der Waals surface area contributed by atoms with E-state index in [4.69, 9.17) is 9.47 Å². The van der Waals surface area contributed by atoms with Gasteiger partial charge in [-0.2, -0.15) is 0 Å². The first-order valence-electron chi connectivity index (χ1n) is 7.78. The molecule has 1 saturated heterocycles. The summed E-state index contributed by atoms with van der Waals surface area (Å²) in [6.45, 7) is 8.80. The molecule has 1 N–H and O–H groups in total. The SMILES string of the molecule is CNC(Cc1ccc(OC)cc1)C1CC(C)(C)OC1(C)C. The summed E-state index contributed by atoms with van der Waals surface area (Å²) in [6.07, 6.45) is 2.09. The molecule has 3 nitrogen and oxygen atoms in total. The lowest BCUT2D eigenvalue weighted by molar-refractivity contribution is -0.0774. The van der Waals surface area contributed by atoms with Gasteiger partial charge < -0.3 is 14.8 Å². The van der Waals surface area contributed by atoms with Crippen molar-refractivity contribution in [1.29, 1.82) is 0 Å². The number of nitrogens with one attached hydrogen (secondary N) is 1. The number of benzene rings is 1. The Morgan fingerprint density at radius 1 is 1.24 bits per heavy atom.